The first-order valence-electron chi connectivity index (χ1n) is 4.11. The zero-order valence-electron chi connectivity index (χ0n) is 8.03. The fourth-order valence-electron chi connectivity index (χ4n) is 0.520. The van der Waals surface area contributed by atoms with Gasteiger partial charge in [-0.1, -0.05) is 6.07 Å². The number of carboxylic acids is 1. The van der Waals surface area contributed by atoms with Crippen LogP contribution in [0.3, 0.4) is 0 Å². The maximum atomic E-state index is 10.4. The molecule has 0 fully saturated rings. The Morgan fingerprint density at radius 1 is 1.80 bits per heavy atom. The molecule has 0 saturated heterocycles. The average molecular weight is 140 g/mol. The Hall–Kier alpha value is -1.38. The summed E-state index contributed by atoms with van der Waals surface area (Å²) in [5.74, 6) is -1.17. The van der Waals surface area contributed by atoms with Gasteiger partial charge in [-0.15, -0.1) is 0 Å². The minimum Gasteiger partial charge on any atom is -0.477 e. The second kappa shape index (κ2) is 2.47. The Balaban J connectivity index is 3.01. The molecule has 1 heterocycles. The number of aromatic nitrogens is 1. The van der Waals surface area contributed by atoms with Gasteiger partial charge in [0.05, 0.1) is 0 Å². The summed E-state index contributed by atoms with van der Waals surface area (Å²) in [6, 6.07) is 2.41. The van der Waals surface area contributed by atoms with Crippen molar-refractivity contribution < 1.29 is 14.0 Å². The smallest absolute Gasteiger partial charge is 0.354 e. The lowest BCUT2D eigenvalue weighted by molar-refractivity contribution is 0.0690. The van der Waals surface area contributed by atoms with E-state index in [2.05, 4.69) is 4.98 Å². The lowest BCUT2D eigenvalue weighted by Gasteiger charge is -1.91. The van der Waals surface area contributed by atoms with Crippen molar-refractivity contribution in [1.29, 1.82) is 0 Å². The number of carboxylic acid groups (broad SMARTS) is 1. The van der Waals surface area contributed by atoms with E-state index in [1.54, 1.807) is 0 Å². The highest BCUT2D eigenvalue weighted by atomic mass is 16.4. The fraction of sp³-hybridized carbons (Fsp3) is 0.143. The topological polar surface area (TPSA) is 50.2 Å². The minimum atomic E-state index is -2.23. The lowest BCUT2D eigenvalue weighted by atomic mass is 10.3. The molecule has 0 radical (unpaired) electrons. The van der Waals surface area contributed by atoms with E-state index in [1.165, 1.54) is 12.1 Å². The first kappa shape index (κ1) is 3.71. The van der Waals surface area contributed by atoms with Gasteiger partial charge in [-0.05, 0) is 18.5 Å². The van der Waals surface area contributed by atoms with E-state index in [0.29, 0.717) is 0 Å². The summed E-state index contributed by atoms with van der Waals surface area (Å²) >= 11 is 0. The predicted octanol–water partition coefficient (Wildman–Crippen LogP) is 1.09. The van der Waals surface area contributed by atoms with Crippen LogP contribution in [0.25, 0.3) is 0 Å². The molecule has 0 spiro atoms. The Morgan fingerprint density at radius 3 is 3.00 bits per heavy atom. The Kier molecular flexibility index (Phi) is 0.917. The van der Waals surface area contributed by atoms with E-state index < -0.39 is 12.8 Å². The zero-order valence-corrected chi connectivity index (χ0v) is 5.03. The number of nitrogens with zero attached hydrogens (tertiary/aromatic N) is 1. The van der Waals surface area contributed by atoms with Gasteiger partial charge in [0.2, 0.25) is 0 Å². The third kappa shape index (κ3) is 1.31. The predicted molar refractivity (Wildman–Crippen MR) is 35.9 cm³/mol. The first-order valence-corrected chi connectivity index (χ1v) is 2.61. The SMILES string of the molecule is [2H]C([2H])([2H])c1ccc(C(=O)O)nc1. The zero-order chi connectivity index (χ0) is 10.1. The van der Waals surface area contributed by atoms with E-state index in [0.717, 1.165) is 6.20 Å². The number of aromatic carboxylic acids is 1. The molecule has 0 aliphatic carbocycles. The van der Waals surface area contributed by atoms with Crippen molar-refractivity contribution >= 4 is 5.97 Å². The van der Waals surface area contributed by atoms with Gasteiger partial charge in [-0.2, -0.15) is 0 Å². The van der Waals surface area contributed by atoms with Crippen LogP contribution in [0.2, 0.25) is 0 Å². The molecule has 52 valence electrons. The maximum Gasteiger partial charge on any atom is 0.354 e. The van der Waals surface area contributed by atoms with Crippen molar-refractivity contribution in [2.45, 2.75) is 6.85 Å². The second-order valence-electron chi connectivity index (χ2n) is 1.74. The number of hydrogen-bond acceptors (Lipinski definition) is 2. The van der Waals surface area contributed by atoms with Crippen LogP contribution in [0.4, 0.5) is 0 Å². The van der Waals surface area contributed by atoms with Gasteiger partial charge < -0.3 is 5.11 Å². The van der Waals surface area contributed by atoms with Crippen LogP contribution < -0.4 is 0 Å². The monoisotopic (exact) mass is 140 g/mol. The Bertz CT molecular complexity index is 318. The van der Waals surface area contributed by atoms with Crippen molar-refractivity contribution in [3.05, 3.63) is 29.6 Å². The summed E-state index contributed by atoms with van der Waals surface area (Å²) in [7, 11) is 0. The quantitative estimate of drug-likeness (QED) is 0.635. The molecule has 0 saturated carbocycles. The Labute approximate surface area is 62.6 Å². The van der Waals surface area contributed by atoms with Gasteiger partial charge in [0, 0.05) is 10.3 Å². The summed E-state index contributed by atoms with van der Waals surface area (Å²) in [5, 5.41) is 8.48. The van der Waals surface area contributed by atoms with E-state index in [4.69, 9.17) is 9.22 Å². The van der Waals surface area contributed by atoms with Crippen LogP contribution in [0.5, 0.6) is 0 Å². The summed E-state index contributed by atoms with van der Waals surface area (Å²) in [5.41, 5.74) is -0.120. The van der Waals surface area contributed by atoms with Gasteiger partial charge in [0.25, 0.3) is 0 Å². The van der Waals surface area contributed by atoms with Crippen LogP contribution in [0.15, 0.2) is 18.3 Å². The van der Waals surface area contributed by atoms with Gasteiger partial charge in [0.1, 0.15) is 5.69 Å². The summed E-state index contributed by atoms with van der Waals surface area (Å²) in [6.45, 7) is -2.23. The molecule has 1 rings (SSSR count). The normalized spacial score (nSPS) is 15.0. The van der Waals surface area contributed by atoms with Crippen LogP contribution in [0.1, 0.15) is 20.2 Å². The molecule has 0 aliphatic heterocycles. The number of carbonyl (C=O) groups is 1. The third-order valence-electron chi connectivity index (χ3n) is 0.983. The molecule has 1 N–H and O–H groups in total. The standard InChI is InChI=1S/C7H7NO2/c1-5-2-3-6(7(9)10)8-4-5/h2-4H,1H3,(H,9,10)/i1D3. The number of rotatable bonds is 1. The van der Waals surface area contributed by atoms with Gasteiger partial charge in [0.15, 0.2) is 0 Å². The molecular weight excluding hydrogens is 130 g/mol. The van der Waals surface area contributed by atoms with Crippen molar-refractivity contribution in [1.82, 2.24) is 4.98 Å². The molecule has 0 aromatic carbocycles. The van der Waals surface area contributed by atoms with Gasteiger partial charge in [-0.3, -0.25) is 0 Å². The van der Waals surface area contributed by atoms with Gasteiger partial charge >= 0.3 is 5.97 Å². The molecular formula is C7H7NO2. The first-order chi connectivity index (χ1) is 5.91. The van der Waals surface area contributed by atoms with Crippen LogP contribution in [0, 0.1) is 6.85 Å². The van der Waals surface area contributed by atoms with Crippen LogP contribution >= 0.6 is 0 Å². The van der Waals surface area contributed by atoms with Crippen molar-refractivity contribution in [3.8, 4) is 0 Å². The maximum absolute atomic E-state index is 10.4. The number of aryl methyl sites for hydroxylation is 1. The molecule has 1 aromatic rings. The second-order valence-corrected chi connectivity index (χ2v) is 1.74. The molecule has 10 heavy (non-hydrogen) atoms. The van der Waals surface area contributed by atoms with E-state index in [-0.39, 0.29) is 11.3 Å². The minimum absolute atomic E-state index is 0.0394. The highest BCUT2D eigenvalue weighted by molar-refractivity contribution is 5.85. The summed E-state index contributed by atoms with van der Waals surface area (Å²) < 4.78 is 21.0. The number of pyridine rings is 1. The van der Waals surface area contributed by atoms with Crippen molar-refractivity contribution in [2.75, 3.05) is 0 Å². The van der Waals surface area contributed by atoms with E-state index >= 15 is 0 Å². The van der Waals surface area contributed by atoms with Crippen molar-refractivity contribution in [3.63, 3.8) is 0 Å². The highest BCUT2D eigenvalue weighted by Crippen LogP contribution is 1.97. The summed E-state index contributed by atoms with van der Waals surface area (Å²) in [4.78, 5) is 13.8. The largest absolute Gasteiger partial charge is 0.477 e. The molecule has 3 heteroatoms. The van der Waals surface area contributed by atoms with E-state index in [1.807, 2.05) is 0 Å². The van der Waals surface area contributed by atoms with Gasteiger partial charge in [-0.25, -0.2) is 9.78 Å². The molecule has 1 aromatic heterocycles. The van der Waals surface area contributed by atoms with Crippen LogP contribution in [-0.2, 0) is 0 Å². The van der Waals surface area contributed by atoms with Crippen molar-refractivity contribution in [2.24, 2.45) is 0 Å². The number of hydrogen-bond donors (Lipinski definition) is 1. The molecule has 0 atom stereocenters. The van der Waals surface area contributed by atoms with E-state index in [9.17, 15) is 4.79 Å². The third-order valence-corrected chi connectivity index (χ3v) is 0.983. The lowest BCUT2D eigenvalue weighted by Crippen LogP contribution is -1.98. The summed E-state index contributed by atoms with van der Waals surface area (Å²) in [6.07, 6.45) is 1.05. The fourth-order valence-corrected chi connectivity index (χ4v) is 0.520. The Morgan fingerprint density at radius 2 is 2.60 bits per heavy atom. The molecule has 0 amide bonds. The highest BCUT2D eigenvalue weighted by Gasteiger charge is 2.00. The molecule has 3 nitrogen and oxygen atoms in total. The van der Waals surface area contributed by atoms with Crippen LogP contribution in [-0.4, -0.2) is 16.1 Å². The average Bonchev–Trinajstić information content (AvgIpc) is 2.03. The molecule has 0 bridgehead atoms. The molecule has 0 aliphatic rings. The molecule has 0 unspecified atom stereocenters.